The van der Waals surface area contributed by atoms with Crippen LogP contribution in [0.1, 0.15) is 11.1 Å². The summed E-state index contributed by atoms with van der Waals surface area (Å²) in [4.78, 5) is 40.0. The number of fused-ring (bicyclic) bond motifs is 2. The van der Waals surface area contributed by atoms with Crippen molar-refractivity contribution in [2.75, 3.05) is 26.1 Å². The van der Waals surface area contributed by atoms with Gasteiger partial charge < -0.3 is 30.0 Å². The van der Waals surface area contributed by atoms with Crippen LogP contribution in [0.4, 0.5) is 5.69 Å². The van der Waals surface area contributed by atoms with Crippen molar-refractivity contribution >= 4 is 23.5 Å². The van der Waals surface area contributed by atoms with Crippen molar-refractivity contribution in [3.8, 4) is 0 Å². The molecule has 2 heterocycles. The molecule has 9 nitrogen and oxygen atoms in total. The topological polar surface area (TPSA) is 126 Å². The van der Waals surface area contributed by atoms with E-state index in [-0.39, 0.29) is 36.0 Å². The number of methoxy groups -OCH3 is 2. The highest BCUT2D eigenvalue weighted by Crippen LogP contribution is 2.52. The molecule has 1 amide bonds. The van der Waals surface area contributed by atoms with Gasteiger partial charge in [-0.3, -0.25) is 4.79 Å². The van der Waals surface area contributed by atoms with Gasteiger partial charge in [0.2, 0.25) is 11.8 Å². The summed E-state index contributed by atoms with van der Waals surface area (Å²) < 4.78 is 21.3. The third-order valence-electron chi connectivity index (χ3n) is 5.51. The lowest BCUT2D eigenvalue weighted by Gasteiger charge is -2.35. The van der Waals surface area contributed by atoms with Gasteiger partial charge in [0.25, 0.3) is 0 Å². The van der Waals surface area contributed by atoms with Gasteiger partial charge in [-0.1, -0.05) is 48.5 Å². The van der Waals surface area contributed by atoms with E-state index in [0.717, 1.165) is 12.7 Å². The summed E-state index contributed by atoms with van der Waals surface area (Å²) in [5, 5.41) is 2.73. The SMILES string of the molecule is COCC1=C(C(=O)OCc2ccccc2)[C@@]2(C(=O)Nc3ccccc32)C(C(=O)OC)=C(N)O1. The molecule has 0 radical (unpaired) electrons. The van der Waals surface area contributed by atoms with Crippen molar-refractivity contribution in [2.24, 2.45) is 5.73 Å². The minimum absolute atomic E-state index is 0.0347. The van der Waals surface area contributed by atoms with Crippen LogP contribution in [0.5, 0.6) is 0 Å². The lowest BCUT2D eigenvalue weighted by molar-refractivity contribution is -0.143. The number of nitrogens with one attached hydrogen (secondary N) is 1. The number of ether oxygens (including phenoxy) is 4. The molecule has 2 aliphatic rings. The van der Waals surface area contributed by atoms with Crippen molar-refractivity contribution in [1.82, 2.24) is 0 Å². The summed E-state index contributed by atoms with van der Waals surface area (Å²) in [5.74, 6) is -2.82. The Balaban J connectivity index is 1.92. The first-order valence-electron chi connectivity index (χ1n) is 10.1. The van der Waals surface area contributed by atoms with Crippen LogP contribution in [0.25, 0.3) is 0 Å². The van der Waals surface area contributed by atoms with E-state index in [1.807, 2.05) is 18.2 Å². The minimum atomic E-state index is -1.94. The molecule has 33 heavy (non-hydrogen) atoms. The Hall–Kier alpha value is -4.11. The minimum Gasteiger partial charge on any atom is -0.465 e. The van der Waals surface area contributed by atoms with Gasteiger partial charge in [0.15, 0.2) is 0 Å². The average Bonchev–Trinajstić information content (AvgIpc) is 3.10. The van der Waals surface area contributed by atoms with Crippen molar-refractivity contribution in [3.05, 3.63) is 88.5 Å². The van der Waals surface area contributed by atoms with Crippen LogP contribution < -0.4 is 11.1 Å². The van der Waals surface area contributed by atoms with Gasteiger partial charge in [0.1, 0.15) is 35.5 Å². The molecule has 170 valence electrons. The van der Waals surface area contributed by atoms with Gasteiger partial charge in [-0.25, -0.2) is 9.59 Å². The van der Waals surface area contributed by atoms with Gasteiger partial charge in [-0.15, -0.1) is 0 Å². The number of carbonyl (C=O) groups excluding carboxylic acids is 3. The molecular weight excluding hydrogens is 428 g/mol. The van der Waals surface area contributed by atoms with Crippen molar-refractivity contribution in [1.29, 1.82) is 0 Å². The molecule has 2 aromatic rings. The average molecular weight is 450 g/mol. The first-order valence-corrected chi connectivity index (χ1v) is 10.1. The number of hydrogen-bond donors (Lipinski definition) is 2. The highest BCUT2D eigenvalue weighted by atomic mass is 16.6. The molecule has 3 N–H and O–H groups in total. The predicted octanol–water partition coefficient (Wildman–Crippen LogP) is 1.89. The zero-order valence-electron chi connectivity index (χ0n) is 18.0. The Morgan fingerprint density at radius 2 is 1.67 bits per heavy atom. The molecule has 0 aliphatic carbocycles. The van der Waals surface area contributed by atoms with Gasteiger partial charge in [0.05, 0.1) is 7.11 Å². The maximum Gasteiger partial charge on any atom is 0.340 e. The monoisotopic (exact) mass is 450 g/mol. The fourth-order valence-electron chi connectivity index (χ4n) is 4.16. The number of carbonyl (C=O) groups is 3. The van der Waals surface area contributed by atoms with E-state index in [2.05, 4.69) is 5.32 Å². The van der Waals surface area contributed by atoms with Gasteiger partial charge in [0, 0.05) is 18.4 Å². The van der Waals surface area contributed by atoms with E-state index < -0.39 is 23.3 Å². The second-order valence-electron chi connectivity index (χ2n) is 7.38. The Bertz CT molecular complexity index is 1190. The van der Waals surface area contributed by atoms with E-state index in [1.165, 1.54) is 7.11 Å². The smallest absolute Gasteiger partial charge is 0.340 e. The molecule has 0 saturated heterocycles. The zero-order valence-corrected chi connectivity index (χ0v) is 18.0. The predicted molar refractivity (Wildman–Crippen MR) is 116 cm³/mol. The van der Waals surface area contributed by atoms with Crippen LogP contribution in [-0.2, 0) is 45.4 Å². The number of esters is 2. The third-order valence-corrected chi connectivity index (χ3v) is 5.51. The Morgan fingerprint density at radius 3 is 2.36 bits per heavy atom. The van der Waals surface area contributed by atoms with E-state index in [9.17, 15) is 14.4 Å². The normalized spacial score (nSPS) is 19.2. The molecule has 0 unspecified atom stereocenters. The first kappa shape index (κ1) is 22.1. The molecule has 1 atom stereocenters. The second kappa shape index (κ2) is 8.79. The zero-order chi connectivity index (χ0) is 23.6. The van der Waals surface area contributed by atoms with Crippen LogP contribution in [0.15, 0.2) is 77.4 Å². The Labute approximate surface area is 189 Å². The van der Waals surface area contributed by atoms with Crippen molar-refractivity contribution in [3.63, 3.8) is 0 Å². The van der Waals surface area contributed by atoms with Crippen LogP contribution in [0, 0.1) is 0 Å². The lowest BCUT2D eigenvalue weighted by atomic mass is 9.67. The standard InChI is InChI=1S/C24H22N2O7/c1-30-13-17-18(22(28)32-12-14-8-4-3-5-9-14)24(19(20(25)33-17)21(27)31-2)15-10-6-7-11-16(15)26-23(24)29/h3-11H,12-13,25H2,1-2H3,(H,26,29)/t24-/m1/s1. The molecule has 9 heteroatoms. The number of hydrogen-bond acceptors (Lipinski definition) is 8. The van der Waals surface area contributed by atoms with Crippen LogP contribution >= 0.6 is 0 Å². The fourth-order valence-corrected chi connectivity index (χ4v) is 4.16. The molecule has 0 fully saturated rings. The molecule has 0 aromatic heterocycles. The van der Waals surface area contributed by atoms with Gasteiger partial charge in [-0.2, -0.15) is 0 Å². The highest BCUT2D eigenvalue weighted by molar-refractivity contribution is 6.21. The van der Waals surface area contributed by atoms with Gasteiger partial charge in [-0.05, 0) is 11.6 Å². The van der Waals surface area contributed by atoms with Crippen LogP contribution in [-0.4, -0.2) is 38.7 Å². The maximum absolute atomic E-state index is 13.6. The quantitative estimate of drug-likeness (QED) is 0.639. The number of rotatable bonds is 6. The molecule has 4 rings (SSSR count). The Morgan fingerprint density at radius 1 is 0.970 bits per heavy atom. The second-order valence-corrected chi connectivity index (χ2v) is 7.38. The number of benzene rings is 2. The van der Waals surface area contributed by atoms with E-state index in [0.29, 0.717) is 11.3 Å². The third kappa shape index (κ3) is 3.52. The lowest BCUT2D eigenvalue weighted by Crippen LogP contribution is -2.49. The summed E-state index contributed by atoms with van der Waals surface area (Å²) in [6.07, 6.45) is 0. The van der Waals surface area contributed by atoms with Crippen LogP contribution in [0.3, 0.4) is 0 Å². The van der Waals surface area contributed by atoms with Gasteiger partial charge >= 0.3 is 11.9 Å². The largest absolute Gasteiger partial charge is 0.465 e. The molecule has 1 spiro atoms. The summed E-state index contributed by atoms with van der Waals surface area (Å²) in [5.41, 5.74) is 5.18. The summed E-state index contributed by atoms with van der Waals surface area (Å²) in [6.45, 7) is -0.252. The van der Waals surface area contributed by atoms with E-state index in [4.69, 9.17) is 24.7 Å². The molecule has 0 bridgehead atoms. The molecule has 2 aromatic carbocycles. The summed E-state index contributed by atoms with van der Waals surface area (Å²) >= 11 is 0. The number of anilines is 1. The maximum atomic E-state index is 13.6. The molecule has 0 saturated carbocycles. The fraction of sp³-hybridized carbons (Fsp3) is 0.208. The van der Waals surface area contributed by atoms with Crippen molar-refractivity contribution < 1.29 is 33.3 Å². The molecular formula is C24H22N2O7. The highest BCUT2D eigenvalue weighted by Gasteiger charge is 2.62. The number of amides is 1. The van der Waals surface area contributed by atoms with Crippen LogP contribution in [0.2, 0.25) is 0 Å². The molecule has 2 aliphatic heterocycles. The van der Waals surface area contributed by atoms with E-state index >= 15 is 0 Å². The number of para-hydroxylation sites is 1. The van der Waals surface area contributed by atoms with Crippen molar-refractivity contribution in [2.45, 2.75) is 12.0 Å². The first-order chi connectivity index (χ1) is 15.9. The summed E-state index contributed by atoms with van der Waals surface area (Å²) in [7, 11) is 2.55. The van der Waals surface area contributed by atoms with E-state index in [1.54, 1.807) is 36.4 Å². The Kier molecular flexibility index (Phi) is 5.89. The number of nitrogens with two attached hydrogens (primary N) is 1. The summed E-state index contributed by atoms with van der Waals surface area (Å²) in [6, 6.07) is 15.7.